The molecule has 0 aliphatic rings. The predicted molar refractivity (Wildman–Crippen MR) is 73.9 cm³/mol. The van der Waals surface area contributed by atoms with Crippen molar-refractivity contribution in [3.63, 3.8) is 0 Å². The SMILES string of the molecule is CCN(CCC(=O)c1cccc(F)c1F)C(C)COC. The minimum Gasteiger partial charge on any atom is -0.383 e. The van der Waals surface area contributed by atoms with E-state index in [2.05, 4.69) is 4.90 Å². The Bertz CT molecular complexity index is 451. The summed E-state index contributed by atoms with van der Waals surface area (Å²) in [4.78, 5) is 14.0. The third kappa shape index (κ3) is 4.35. The molecule has 0 saturated heterocycles. The van der Waals surface area contributed by atoms with Crippen molar-refractivity contribution >= 4 is 5.78 Å². The molecule has 20 heavy (non-hydrogen) atoms. The smallest absolute Gasteiger partial charge is 0.169 e. The van der Waals surface area contributed by atoms with Gasteiger partial charge in [-0.25, -0.2) is 8.78 Å². The van der Waals surface area contributed by atoms with Gasteiger partial charge in [0, 0.05) is 26.1 Å². The van der Waals surface area contributed by atoms with Crippen molar-refractivity contribution in [1.29, 1.82) is 0 Å². The van der Waals surface area contributed by atoms with E-state index in [1.807, 2.05) is 13.8 Å². The van der Waals surface area contributed by atoms with Crippen LogP contribution in [0.25, 0.3) is 0 Å². The maximum atomic E-state index is 13.5. The molecular weight excluding hydrogens is 264 g/mol. The molecule has 3 nitrogen and oxygen atoms in total. The largest absolute Gasteiger partial charge is 0.383 e. The van der Waals surface area contributed by atoms with Crippen LogP contribution in [0.2, 0.25) is 0 Å². The number of rotatable bonds is 8. The lowest BCUT2D eigenvalue weighted by Gasteiger charge is -2.26. The van der Waals surface area contributed by atoms with Crippen LogP contribution in [0.4, 0.5) is 8.78 Å². The normalized spacial score (nSPS) is 12.7. The number of benzene rings is 1. The van der Waals surface area contributed by atoms with Gasteiger partial charge in [-0.1, -0.05) is 13.0 Å². The second-order valence-corrected chi connectivity index (χ2v) is 4.71. The number of methoxy groups -OCH3 is 1. The average molecular weight is 285 g/mol. The number of hydrogen-bond donors (Lipinski definition) is 0. The molecule has 1 aromatic carbocycles. The number of ether oxygens (including phenoxy) is 1. The number of Topliss-reactive ketones (excluding diaryl/α,β-unsaturated/α-hetero) is 1. The lowest BCUT2D eigenvalue weighted by Crippen LogP contribution is -2.37. The fourth-order valence-electron chi connectivity index (χ4n) is 2.14. The second kappa shape index (κ2) is 8.07. The van der Waals surface area contributed by atoms with E-state index in [-0.39, 0.29) is 23.8 Å². The molecule has 1 unspecified atom stereocenters. The predicted octanol–water partition coefficient (Wildman–Crippen LogP) is 2.89. The molecule has 0 bridgehead atoms. The second-order valence-electron chi connectivity index (χ2n) is 4.71. The van der Waals surface area contributed by atoms with Crippen LogP contribution in [0.15, 0.2) is 18.2 Å². The molecule has 0 radical (unpaired) electrons. The van der Waals surface area contributed by atoms with Gasteiger partial charge >= 0.3 is 0 Å². The zero-order valence-corrected chi connectivity index (χ0v) is 12.2. The monoisotopic (exact) mass is 285 g/mol. The maximum absolute atomic E-state index is 13.5. The first kappa shape index (κ1) is 16.7. The molecule has 1 rings (SSSR count). The molecule has 0 aromatic heterocycles. The van der Waals surface area contributed by atoms with E-state index in [4.69, 9.17) is 4.74 Å². The molecule has 0 fully saturated rings. The highest BCUT2D eigenvalue weighted by atomic mass is 19.2. The lowest BCUT2D eigenvalue weighted by atomic mass is 10.1. The summed E-state index contributed by atoms with van der Waals surface area (Å²) in [6.07, 6.45) is 0.155. The highest BCUT2D eigenvalue weighted by molar-refractivity contribution is 5.96. The van der Waals surface area contributed by atoms with Crippen LogP contribution in [-0.4, -0.2) is 43.5 Å². The zero-order chi connectivity index (χ0) is 15.1. The van der Waals surface area contributed by atoms with Gasteiger partial charge in [-0.05, 0) is 25.6 Å². The van der Waals surface area contributed by atoms with Crippen molar-refractivity contribution in [3.05, 3.63) is 35.4 Å². The van der Waals surface area contributed by atoms with Crippen LogP contribution in [0.3, 0.4) is 0 Å². The molecule has 0 heterocycles. The van der Waals surface area contributed by atoms with Gasteiger partial charge in [0.2, 0.25) is 0 Å². The number of hydrogen-bond acceptors (Lipinski definition) is 3. The van der Waals surface area contributed by atoms with E-state index in [9.17, 15) is 13.6 Å². The number of carbonyl (C=O) groups excluding carboxylic acids is 1. The zero-order valence-electron chi connectivity index (χ0n) is 12.2. The Morgan fingerprint density at radius 3 is 2.70 bits per heavy atom. The summed E-state index contributed by atoms with van der Waals surface area (Å²) in [6.45, 7) is 5.81. The fourth-order valence-corrected chi connectivity index (χ4v) is 2.14. The molecule has 1 atom stereocenters. The van der Waals surface area contributed by atoms with Crippen LogP contribution < -0.4 is 0 Å². The Morgan fingerprint density at radius 2 is 2.10 bits per heavy atom. The molecule has 5 heteroatoms. The topological polar surface area (TPSA) is 29.5 Å². The van der Waals surface area contributed by atoms with Gasteiger partial charge in [-0.2, -0.15) is 0 Å². The molecule has 112 valence electrons. The van der Waals surface area contributed by atoms with Gasteiger partial charge in [0.05, 0.1) is 12.2 Å². The van der Waals surface area contributed by atoms with Crippen molar-refractivity contribution in [2.24, 2.45) is 0 Å². The first-order chi connectivity index (χ1) is 9.51. The van der Waals surface area contributed by atoms with E-state index in [0.29, 0.717) is 13.2 Å². The summed E-state index contributed by atoms with van der Waals surface area (Å²) in [5.41, 5.74) is -0.180. The Labute approximate surface area is 118 Å². The molecule has 0 N–H and O–H groups in total. The van der Waals surface area contributed by atoms with Crippen molar-refractivity contribution < 1.29 is 18.3 Å². The first-order valence-electron chi connectivity index (χ1n) is 6.71. The van der Waals surface area contributed by atoms with Crippen molar-refractivity contribution in [3.8, 4) is 0 Å². The van der Waals surface area contributed by atoms with Crippen LogP contribution in [0, 0.1) is 11.6 Å². The van der Waals surface area contributed by atoms with E-state index in [1.54, 1.807) is 7.11 Å². The van der Waals surface area contributed by atoms with Gasteiger partial charge < -0.3 is 4.74 Å². The minimum absolute atomic E-state index is 0.155. The molecule has 1 aromatic rings. The van der Waals surface area contributed by atoms with Crippen molar-refractivity contribution in [2.45, 2.75) is 26.3 Å². The standard InChI is InChI=1S/C15H21F2NO2/c1-4-18(11(2)10-20-3)9-8-14(19)12-6-5-7-13(16)15(12)17/h5-7,11H,4,8-10H2,1-3H3. The van der Waals surface area contributed by atoms with Gasteiger partial charge in [-0.3, -0.25) is 9.69 Å². The molecule has 0 aliphatic heterocycles. The summed E-state index contributed by atoms with van der Waals surface area (Å²) in [5.74, 6) is -2.44. The Morgan fingerprint density at radius 1 is 1.40 bits per heavy atom. The number of carbonyl (C=O) groups is 1. The quantitative estimate of drug-likeness (QED) is 0.688. The molecule has 0 amide bonds. The average Bonchev–Trinajstić information content (AvgIpc) is 2.42. The first-order valence-corrected chi connectivity index (χ1v) is 6.71. The minimum atomic E-state index is -1.06. The van der Waals surface area contributed by atoms with Gasteiger partial charge in [-0.15, -0.1) is 0 Å². The van der Waals surface area contributed by atoms with Crippen molar-refractivity contribution in [2.75, 3.05) is 26.8 Å². The van der Waals surface area contributed by atoms with Gasteiger partial charge in [0.1, 0.15) is 0 Å². The van der Waals surface area contributed by atoms with Gasteiger partial charge in [0.15, 0.2) is 17.4 Å². The summed E-state index contributed by atoms with van der Waals surface area (Å²) in [5, 5.41) is 0. The molecular formula is C15H21F2NO2. The van der Waals surface area contributed by atoms with Crippen molar-refractivity contribution in [1.82, 2.24) is 4.90 Å². The Kier molecular flexibility index (Phi) is 6.75. The Hall–Kier alpha value is -1.33. The summed E-state index contributed by atoms with van der Waals surface area (Å²) in [6, 6.07) is 3.84. The van der Waals surface area contributed by atoms with E-state index >= 15 is 0 Å². The number of halogens is 2. The maximum Gasteiger partial charge on any atom is 0.169 e. The van der Waals surface area contributed by atoms with E-state index in [0.717, 1.165) is 12.6 Å². The number of nitrogens with zero attached hydrogens (tertiary/aromatic N) is 1. The van der Waals surface area contributed by atoms with Crippen LogP contribution >= 0.6 is 0 Å². The Balaban J connectivity index is 2.64. The third-order valence-corrected chi connectivity index (χ3v) is 3.32. The summed E-state index contributed by atoms with van der Waals surface area (Å²) in [7, 11) is 1.62. The highest BCUT2D eigenvalue weighted by Gasteiger charge is 2.17. The number of likely N-dealkylation sites (N-methyl/N-ethyl adjacent to an activating group) is 1. The third-order valence-electron chi connectivity index (χ3n) is 3.32. The van der Waals surface area contributed by atoms with Crippen LogP contribution in [-0.2, 0) is 4.74 Å². The number of ketones is 1. The summed E-state index contributed by atoms with van der Waals surface area (Å²) < 4.78 is 31.7. The van der Waals surface area contributed by atoms with Crippen LogP contribution in [0.1, 0.15) is 30.6 Å². The van der Waals surface area contributed by atoms with Gasteiger partial charge in [0.25, 0.3) is 0 Å². The lowest BCUT2D eigenvalue weighted by molar-refractivity contribution is 0.0869. The van der Waals surface area contributed by atoms with E-state index in [1.165, 1.54) is 12.1 Å². The molecule has 0 spiro atoms. The summed E-state index contributed by atoms with van der Waals surface area (Å²) >= 11 is 0. The highest BCUT2D eigenvalue weighted by Crippen LogP contribution is 2.14. The van der Waals surface area contributed by atoms with E-state index < -0.39 is 11.6 Å². The molecule has 0 saturated carbocycles. The molecule has 0 aliphatic carbocycles. The fraction of sp³-hybridized carbons (Fsp3) is 0.533. The van der Waals surface area contributed by atoms with Crippen LogP contribution in [0.5, 0.6) is 0 Å².